The van der Waals surface area contributed by atoms with Crippen molar-refractivity contribution in [3.63, 3.8) is 0 Å². The third-order valence-corrected chi connectivity index (χ3v) is 6.83. The Morgan fingerprint density at radius 3 is 2.34 bits per heavy atom. The number of aliphatic carboxylic acids is 1. The molecular formula is C26H26N4O5. The maximum absolute atomic E-state index is 13.2. The minimum Gasteiger partial charge on any atom is -0.480 e. The molecule has 1 fully saturated rings. The largest absolute Gasteiger partial charge is 0.480 e. The van der Waals surface area contributed by atoms with Gasteiger partial charge < -0.3 is 14.7 Å². The summed E-state index contributed by atoms with van der Waals surface area (Å²) < 4.78 is 6.99. The molecule has 1 aromatic heterocycles. The molecule has 2 heterocycles. The number of hydrogen-bond acceptors (Lipinski definition) is 5. The van der Waals surface area contributed by atoms with Crippen LogP contribution in [0.2, 0.25) is 0 Å². The topological polar surface area (TPSA) is 114 Å². The zero-order valence-electron chi connectivity index (χ0n) is 19.5. The molecule has 2 aromatic carbocycles. The van der Waals surface area contributed by atoms with Crippen LogP contribution in [0, 0.1) is 5.92 Å². The smallest absolute Gasteiger partial charge is 0.411 e. The molecule has 1 aliphatic heterocycles. The number of carbonyl (C=O) groups excluding carboxylic acids is 2. The molecule has 9 heteroatoms. The van der Waals surface area contributed by atoms with Crippen LogP contribution in [0.4, 0.5) is 10.5 Å². The van der Waals surface area contributed by atoms with Crippen molar-refractivity contribution in [2.75, 3.05) is 18.5 Å². The van der Waals surface area contributed by atoms with E-state index in [9.17, 15) is 19.5 Å². The number of carboxylic acid groups (broad SMARTS) is 1. The molecule has 2 unspecified atom stereocenters. The van der Waals surface area contributed by atoms with Crippen molar-refractivity contribution >= 4 is 23.7 Å². The van der Waals surface area contributed by atoms with E-state index < -0.39 is 24.0 Å². The van der Waals surface area contributed by atoms with Crippen LogP contribution in [-0.4, -0.2) is 57.0 Å². The molecule has 2 aliphatic rings. The normalized spacial score (nSPS) is 18.7. The SMILES string of the molecule is CC1CCN(C(=O)c2nn(C)cc2NC(=O)OCC2c3ccccc3-c3ccccc32)C1C(=O)O. The summed E-state index contributed by atoms with van der Waals surface area (Å²) >= 11 is 0. The number of nitrogens with zero attached hydrogens (tertiary/aromatic N) is 3. The van der Waals surface area contributed by atoms with Crippen LogP contribution in [-0.2, 0) is 16.6 Å². The Bertz CT molecular complexity index is 1270. The van der Waals surface area contributed by atoms with Crippen LogP contribution in [0.3, 0.4) is 0 Å². The van der Waals surface area contributed by atoms with Gasteiger partial charge in [0.15, 0.2) is 5.69 Å². The number of carboxylic acids is 1. The van der Waals surface area contributed by atoms with Crippen LogP contribution < -0.4 is 5.32 Å². The van der Waals surface area contributed by atoms with E-state index in [0.717, 1.165) is 22.3 Å². The fraction of sp³-hybridized carbons (Fsp3) is 0.308. The van der Waals surface area contributed by atoms with Gasteiger partial charge in [-0.05, 0) is 34.6 Å². The summed E-state index contributed by atoms with van der Waals surface area (Å²) in [7, 11) is 1.63. The number of ether oxygens (including phenoxy) is 1. The average Bonchev–Trinajstić information content (AvgIpc) is 3.50. The van der Waals surface area contributed by atoms with Crippen molar-refractivity contribution in [1.29, 1.82) is 0 Å². The average molecular weight is 475 g/mol. The van der Waals surface area contributed by atoms with Gasteiger partial charge in [0.2, 0.25) is 0 Å². The fourth-order valence-electron chi connectivity index (χ4n) is 5.17. The highest BCUT2D eigenvalue weighted by Gasteiger charge is 2.41. The summed E-state index contributed by atoms with van der Waals surface area (Å²) in [6.45, 7) is 2.26. The van der Waals surface area contributed by atoms with Gasteiger partial charge in [-0.25, -0.2) is 9.59 Å². The van der Waals surface area contributed by atoms with Crippen LogP contribution in [0.15, 0.2) is 54.7 Å². The van der Waals surface area contributed by atoms with Gasteiger partial charge in [0.25, 0.3) is 5.91 Å². The van der Waals surface area contributed by atoms with Crippen molar-refractivity contribution in [2.24, 2.45) is 13.0 Å². The van der Waals surface area contributed by atoms with Crippen molar-refractivity contribution in [3.05, 3.63) is 71.5 Å². The van der Waals surface area contributed by atoms with E-state index in [1.807, 2.05) is 36.4 Å². The monoisotopic (exact) mass is 474 g/mol. The fourth-order valence-corrected chi connectivity index (χ4v) is 5.17. The molecule has 1 saturated heterocycles. The summed E-state index contributed by atoms with van der Waals surface area (Å²) in [5, 5.41) is 16.4. The van der Waals surface area contributed by atoms with Crippen molar-refractivity contribution in [3.8, 4) is 11.1 Å². The Labute approximate surface area is 202 Å². The van der Waals surface area contributed by atoms with Gasteiger partial charge in [-0.15, -0.1) is 0 Å². The van der Waals surface area contributed by atoms with Crippen LogP contribution in [0.5, 0.6) is 0 Å². The van der Waals surface area contributed by atoms with Crippen LogP contribution in [0.25, 0.3) is 11.1 Å². The lowest BCUT2D eigenvalue weighted by Gasteiger charge is -2.23. The third kappa shape index (κ3) is 4.03. The Kier molecular flexibility index (Phi) is 5.76. The highest BCUT2D eigenvalue weighted by Crippen LogP contribution is 2.44. The molecule has 0 bridgehead atoms. The second-order valence-corrected chi connectivity index (χ2v) is 9.06. The van der Waals surface area contributed by atoms with E-state index in [-0.39, 0.29) is 29.8 Å². The van der Waals surface area contributed by atoms with Crippen LogP contribution in [0.1, 0.15) is 40.9 Å². The number of anilines is 1. The van der Waals surface area contributed by atoms with E-state index in [0.29, 0.717) is 13.0 Å². The molecule has 2 amide bonds. The molecule has 2 atom stereocenters. The molecular weight excluding hydrogens is 448 g/mol. The molecule has 180 valence electrons. The highest BCUT2D eigenvalue weighted by atomic mass is 16.5. The van der Waals surface area contributed by atoms with E-state index in [1.54, 1.807) is 14.0 Å². The van der Waals surface area contributed by atoms with E-state index in [1.165, 1.54) is 15.8 Å². The van der Waals surface area contributed by atoms with Gasteiger partial charge in [-0.3, -0.25) is 14.8 Å². The maximum Gasteiger partial charge on any atom is 0.411 e. The molecule has 5 rings (SSSR count). The first-order valence-electron chi connectivity index (χ1n) is 11.5. The second kappa shape index (κ2) is 8.90. The molecule has 35 heavy (non-hydrogen) atoms. The summed E-state index contributed by atoms with van der Waals surface area (Å²) in [6, 6.07) is 15.2. The van der Waals surface area contributed by atoms with Gasteiger partial charge in [0.05, 0.1) is 5.69 Å². The number of aryl methyl sites for hydroxylation is 1. The van der Waals surface area contributed by atoms with E-state index >= 15 is 0 Å². The number of carbonyl (C=O) groups is 3. The zero-order valence-corrected chi connectivity index (χ0v) is 19.5. The Balaban J connectivity index is 1.31. The zero-order chi connectivity index (χ0) is 24.7. The highest BCUT2D eigenvalue weighted by molar-refractivity contribution is 6.02. The first kappa shape index (κ1) is 22.6. The first-order chi connectivity index (χ1) is 16.8. The molecule has 0 spiro atoms. The second-order valence-electron chi connectivity index (χ2n) is 9.06. The molecule has 2 N–H and O–H groups in total. The summed E-state index contributed by atoms with van der Waals surface area (Å²) in [6.07, 6.45) is 1.38. The third-order valence-electron chi connectivity index (χ3n) is 6.83. The Hall–Kier alpha value is -4.14. The lowest BCUT2D eigenvalue weighted by Crippen LogP contribution is -2.43. The number of fused-ring (bicyclic) bond motifs is 3. The minimum atomic E-state index is -1.05. The van der Waals surface area contributed by atoms with Gasteiger partial charge >= 0.3 is 12.1 Å². The van der Waals surface area contributed by atoms with Crippen molar-refractivity contribution in [1.82, 2.24) is 14.7 Å². The number of benzene rings is 2. The first-order valence-corrected chi connectivity index (χ1v) is 11.5. The molecule has 0 radical (unpaired) electrons. The lowest BCUT2D eigenvalue weighted by atomic mass is 9.98. The van der Waals surface area contributed by atoms with Gasteiger partial charge in [0, 0.05) is 25.7 Å². The van der Waals surface area contributed by atoms with Gasteiger partial charge in [-0.2, -0.15) is 5.10 Å². The molecule has 3 aromatic rings. The quantitative estimate of drug-likeness (QED) is 0.583. The van der Waals surface area contributed by atoms with Gasteiger partial charge in [0.1, 0.15) is 12.6 Å². The van der Waals surface area contributed by atoms with E-state index in [2.05, 4.69) is 22.5 Å². The number of nitrogens with one attached hydrogen (secondary N) is 1. The van der Waals surface area contributed by atoms with Crippen molar-refractivity contribution < 1.29 is 24.2 Å². The predicted octanol–water partition coefficient (Wildman–Crippen LogP) is 3.72. The van der Waals surface area contributed by atoms with Crippen LogP contribution >= 0.6 is 0 Å². The number of likely N-dealkylation sites (tertiary alicyclic amines) is 1. The maximum atomic E-state index is 13.2. The van der Waals surface area contributed by atoms with Crippen molar-refractivity contribution in [2.45, 2.75) is 25.3 Å². The minimum absolute atomic E-state index is 0.0126. The lowest BCUT2D eigenvalue weighted by molar-refractivity contribution is -0.142. The summed E-state index contributed by atoms with van der Waals surface area (Å²) in [4.78, 5) is 38.9. The number of hydrogen-bond donors (Lipinski definition) is 2. The van der Waals surface area contributed by atoms with E-state index in [4.69, 9.17) is 4.74 Å². The number of amides is 2. The molecule has 9 nitrogen and oxygen atoms in total. The summed E-state index contributed by atoms with van der Waals surface area (Å²) in [5.41, 5.74) is 4.62. The molecule has 0 saturated carbocycles. The Morgan fingerprint density at radius 1 is 1.09 bits per heavy atom. The summed E-state index contributed by atoms with van der Waals surface area (Å²) in [5.74, 6) is -1.84. The number of rotatable bonds is 5. The number of aromatic nitrogens is 2. The molecule has 1 aliphatic carbocycles. The predicted molar refractivity (Wildman–Crippen MR) is 128 cm³/mol. The standard InChI is InChI=1S/C26H26N4O5/c1-15-11-12-30(23(15)25(32)33)24(31)22-21(13-29(2)28-22)27-26(34)35-14-20-18-9-5-3-7-16(18)17-8-4-6-10-19(17)20/h3-10,13,15,20,23H,11-12,14H2,1-2H3,(H,27,34)(H,32,33). The van der Waals surface area contributed by atoms with Gasteiger partial charge in [-0.1, -0.05) is 55.5 Å². The Morgan fingerprint density at radius 2 is 1.71 bits per heavy atom.